The lowest BCUT2D eigenvalue weighted by Crippen LogP contribution is -2.36. The van der Waals surface area contributed by atoms with Gasteiger partial charge in [0.05, 0.1) is 13.2 Å². The number of aliphatic hydroxyl groups is 1. The third-order valence-corrected chi connectivity index (χ3v) is 3.33. The van der Waals surface area contributed by atoms with E-state index in [1.165, 1.54) is 5.56 Å². The summed E-state index contributed by atoms with van der Waals surface area (Å²) in [5.74, 6) is 1.29. The van der Waals surface area contributed by atoms with E-state index in [0.717, 1.165) is 18.7 Å². The zero-order chi connectivity index (χ0) is 11.5. The molecule has 3 nitrogen and oxygen atoms in total. The zero-order valence-corrected chi connectivity index (χ0v) is 9.81. The zero-order valence-electron chi connectivity index (χ0n) is 9.81. The highest BCUT2D eigenvalue weighted by Gasteiger charge is 2.31. The first-order chi connectivity index (χ1) is 7.72. The molecular weight excluding hydrogens is 202 g/mol. The van der Waals surface area contributed by atoms with Gasteiger partial charge in [-0.25, -0.2) is 0 Å². The third-order valence-electron chi connectivity index (χ3n) is 3.33. The summed E-state index contributed by atoms with van der Waals surface area (Å²) in [6.45, 7) is 2.83. The van der Waals surface area contributed by atoms with E-state index < -0.39 is 0 Å². The molecule has 1 aromatic carbocycles. The summed E-state index contributed by atoms with van der Waals surface area (Å²) in [6.07, 6.45) is 0.775. The number of aliphatic hydroxyl groups excluding tert-OH is 1. The predicted molar refractivity (Wildman–Crippen MR) is 63.8 cm³/mol. The third kappa shape index (κ3) is 2.20. The second-order valence-corrected chi connectivity index (χ2v) is 4.39. The molecule has 1 aromatic rings. The SMILES string of the molecule is COc1ccc([C@@H]2CCN[C@H]2[C@H](C)O)cc1. The Morgan fingerprint density at radius 2 is 2.06 bits per heavy atom. The molecule has 0 unspecified atom stereocenters. The largest absolute Gasteiger partial charge is 0.497 e. The summed E-state index contributed by atoms with van der Waals surface area (Å²) >= 11 is 0. The Hall–Kier alpha value is -1.06. The van der Waals surface area contributed by atoms with Crippen LogP contribution < -0.4 is 10.1 Å². The first-order valence-corrected chi connectivity index (χ1v) is 5.78. The fourth-order valence-electron chi connectivity index (χ4n) is 2.46. The van der Waals surface area contributed by atoms with E-state index in [-0.39, 0.29) is 12.1 Å². The standard InChI is InChI=1S/C13H19NO2/c1-9(15)13-12(7-8-14-13)10-3-5-11(16-2)6-4-10/h3-6,9,12-15H,7-8H2,1-2H3/t9-,12-,13-/m0/s1. The fraction of sp³-hybridized carbons (Fsp3) is 0.538. The van der Waals surface area contributed by atoms with Crippen LogP contribution in [-0.2, 0) is 0 Å². The maximum Gasteiger partial charge on any atom is 0.118 e. The Kier molecular flexibility index (Phi) is 3.46. The van der Waals surface area contributed by atoms with Crippen molar-refractivity contribution >= 4 is 0 Å². The second-order valence-electron chi connectivity index (χ2n) is 4.39. The molecule has 3 atom stereocenters. The van der Waals surface area contributed by atoms with E-state index in [1.807, 2.05) is 19.1 Å². The average Bonchev–Trinajstić information content (AvgIpc) is 2.78. The topological polar surface area (TPSA) is 41.5 Å². The molecule has 0 bridgehead atoms. The molecule has 1 fully saturated rings. The van der Waals surface area contributed by atoms with E-state index in [9.17, 15) is 5.11 Å². The number of methoxy groups -OCH3 is 1. The van der Waals surface area contributed by atoms with Gasteiger partial charge in [-0.3, -0.25) is 0 Å². The lowest BCUT2D eigenvalue weighted by Gasteiger charge is -2.22. The minimum atomic E-state index is -0.311. The number of hydrogen-bond donors (Lipinski definition) is 2. The Morgan fingerprint density at radius 3 is 2.62 bits per heavy atom. The van der Waals surface area contributed by atoms with E-state index in [4.69, 9.17) is 4.74 Å². The first-order valence-electron chi connectivity index (χ1n) is 5.78. The minimum absolute atomic E-state index is 0.174. The molecule has 2 N–H and O–H groups in total. The van der Waals surface area contributed by atoms with Gasteiger partial charge in [-0.1, -0.05) is 12.1 Å². The van der Waals surface area contributed by atoms with Gasteiger partial charge in [0.15, 0.2) is 0 Å². The van der Waals surface area contributed by atoms with Gasteiger partial charge in [0.25, 0.3) is 0 Å². The Bertz CT molecular complexity index is 334. The number of rotatable bonds is 3. The van der Waals surface area contributed by atoms with Crippen molar-refractivity contribution in [3.8, 4) is 5.75 Å². The van der Waals surface area contributed by atoms with Gasteiger partial charge in [0, 0.05) is 12.0 Å². The summed E-state index contributed by atoms with van der Waals surface area (Å²) in [6, 6.07) is 8.31. The van der Waals surface area contributed by atoms with E-state index in [1.54, 1.807) is 7.11 Å². The first kappa shape index (κ1) is 11.4. The van der Waals surface area contributed by atoms with Crippen molar-refractivity contribution in [3.05, 3.63) is 29.8 Å². The molecular formula is C13H19NO2. The van der Waals surface area contributed by atoms with Crippen LogP contribution in [0.15, 0.2) is 24.3 Å². The molecule has 0 aliphatic carbocycles. The molecule has 16 heavy (non-hydrogen) atoms. The molecule has 88 valence electrons. The summed E-state index contributed by atoms with van der Waals surface area (Å²) in [5, 5.41) is 13.0. The highest BCUT2D eigenvalue weighted by atomic mass is 16.5. The van der Waals surface area contributed by atoms with Crippen molar-refractivity contribution in [3.63, 3.8) is 0 Å². The molecule has 0 spiro atoms. The minimum Gasteiger partial charge on any atom is -0.497 e. The number of ether oxygens (including phenoxy) is 1. The van der Waals surface area contributed by atoms with Crippen LogP contribution in [0.3, 0.4) is 0 Å². The van der Waals surface area contributed by atoms with Crippen LogP contribution in [0.4, 0.5) is 0 Å². The maximum atomic E-state index is 9.70. The van der Waals surface area contributed by atoms with Gasteiger partial charge in [-0.05, 0) is 37.6 Å². The Balaban J connectivity index is 2.16. The molecule has 1 saturated heterocycles. The number of nitrogens with one attached hydrogen (secondary N) is 1. The second kappa shape index (κ2) is 4.85. The highest BCUT2D eigenvalue weighted by Crippen LogP contribution is 2.30. The van der Waals surface area contributed by atoms with Gasteiger partial charge in [0.2, 0.25) is 0 Å². The quantitative estimate of drug-likeness (QED) is 0.813. The monoisotopic (exact) mass is 221 g/mol. The van der Waals surface area contributed by atoms with Crippen LogP contribution in [0, 0.1) is 0 Å². The predicted octanol–water partition coefficient (Wildman–Crippen LogP) is 1.52. The highest BCUT2D eigenvalue weighted by molar-refractivity contribution is 5.31. The molecule has 1 heterocycles. The van der Waals surface area contributed by atoms with Crippen molar-refractivity contribution in [1.82, 2.24) is 5.32 Å². The molecule has 2 rings (SSSR count). The summed E-state index contributed by atoms with van der Waals surface area (Å²) in [5.41, 5.74) is 1.27. The molecule has 0 saturated carbocycles. The summed E-state index contributed by atoms with van der Waals surface area (Å²) in [4.78, 5) is 0. The van der Waals surface area contributed by atoms with Crippen LogP contribution in [0.5, 0.6) is 5.75 Å². The molecule has 1 aliphatic rings. The lowest BCUT2D eigenvalue weighted by molar-refractivity contribution is 0.147. The summed E-state index contributed by atoms with van der Waals surface area (Å²) in [7, 11) is 1.67. The van der Waals surface area contributed by atoms with Crippen LogP contribution in [0.2, 0.25) is 0 Å². The van der Waals surface area contributed by atoms with Crippen molar-refractivity contribution in [2.24, 2.45) is 0 Å². The van der Waals surface area contributed by atoms with Crippen LogP contribution >= 0.6 is 0 Å². The maximum absolute atomic E-state index is 9.70. The van der Waals surface area contributed by atoms with Crippen molar-refractivity contribution in [1.29, 1.82) is 0 Å². The number of hydrogen-bond acceptors (Lipinski definition) is 3. The fourth-order valence-corrected chi connectivity index (χ4v) is 2.46. The molecule has 0 aromatic heterocycles. The van der Waals surface area contributed by atoms with Crippen LogP contribution in [0.25, 0.3) is 0 Å². The molecule has 0 amide bonds. The van der Waals surface area contributed by atoms with E-state index in [0.29, 0.717) is 5.92 Å². The van der Waals surface area contributed by atoms with Gasteiger partial charge < -0.3 is 15.2 Å². The Morgan fingerprint density at radius 1 is 1.38 bits per heavy atom. The van der Waals surface area contributed by atoms with Gasteiger partial charge in [0.1, 0.15) is 5.75 Å². The van der Waals surface area contributed by atoms with E-state index in [2.05, 4.69) is 17.4 Å². The number of benzene rings is 1. The van der Waals surface area contributed by atoms with Crippen LogP contribution in [0.1, 0.15) is 24.8 Å². The van der Waals surface area contributed by atoms with Crippen LogP contribution in [-0.4, -0.2) is 30.9 Å². The van der Waals surface area contributed by atoms with Crippen molar-refractivity contribution in [2.75, 3.05) is 13.7 Å². The molecule has 3 heteroatoms. The van der Waals surface area contributed by atoms with Gasteiger partial charge in [-0.15, -0.1) is 0 Å². The normalized spacial score (nSPS) is 26.7. The van der Waals surface area contributed by atoms with Gasteiger partial charge in [-0.2, -0.15) is 0 Å². The smallest absolute Gasteiger partial charge is 0.118 e. The average molecular weight is 221 g/mol. The summed E-state index contributed by atoms with van der Waals surface area (Å²) < 4.78 is 5.14. The van der Waals surface area contributed by atoms with Crippen molar-refractivity contribution < 1.29 is 9.84 Å². The van der Waals surface area contributed by atoms with E-state index >= 15 is 0 Å². The lowest BCUT2D eigenvalue weighted by atomic mass is 9.89. The van der Waals surface area contributed by atoms with Gasteiger partial charge >= 0.3 is 0 Å². The molecule has 1 aliphatic heterocycles. The Labute approximate surface area is 96.4 Å². The molecule has 0 radical (unpaired) electrons. The van der Waals surface area contributed by atoms with Crippen molar-refractivity contribution in [2.45, 2.75) is 31.4 Å².